The number of aromatic nitrogens is 2. The van der Waals surface area contributed by atoms with Crippen molar-refractivity contribution in [1.82, 2.24) is 9.97 Å². The largest absolute Gasteiger partial charge is 0.489 e. The molecule has 3 aromatic rings. The van der Waals surface area contributed by atoms with Crippen LogP contribution in [0.2, 0.25) is 0 Å². The minimum absolute atomic E-state index is 0.0827. The summed E-state index contributed by atoms with van der Waals surface area (Å²) in [6, 6.07) is 7.49. The summed E-state index contributed by atoms with van der Waals surface area (Å²) in [5.41, 5.74) is 0.438. The fraction of sp³-hybridized carbons (Fsp3) is 0.211. The molecule has 27 heavy (non-hydrogen) atoms. The van der Waals surface area contributed by atoms with Crippen LogP contribution in [0.5, 0.6) is 5.75 Å². The minimum atomic E-state index is -4.57. The Morgan fingerprint density at radius 1 is 1.19 bits per heavy atom. The summed E-state index contributed by atoms with van der Waals surface area (Å²) in [5.74, 6) is -0.222. The zero-order chi connectivity index (χ0) is 19.6. The number of hydrogen-bond acceptors (Lipinski definition) is 5. The third-order valence-corrected chi connectivity index (χ3v) is 3.97. The van der Waals surface area contributed by atoms with Gasteiger partial charge in [-0.1, -0.05) is 6.07 Å². The summed E-state index contributed by atoms with van der Waals surface area (Å²) in [5, 5.41) is 0.501. The lowest BCUT2D eigenvalue weighted by molar-refractivity contribution is -0.142. The predicted octanol–water partition coefficient (Wildman–Crippen LogP) is 4.32. The van der Waals surface area contributed by atoms with Gasteiger partial charge in [0.15, 0.2) is 5.69 Å². The number of methoxy groups -OCH3 is 1. The first-order valence-corrected chi connectivity index (χ1v) is 7.93. The Labute approximate surface area is 152 Å². The summed E-state index contributed by atoms with van der Waals surface area (Å²) in [7, 11) is 1.27. The summed E-state index contributed by atoms with van der Waals surface area (Å²) >= 11 is 0. The summed E-state index contributed by atoms with van der Waals surface area (Å²) in [6.45, 7) is 1.40. The van der Waals surface area contributed by atoms with E-state index in [0.717, 1.165) is 6.20 Å². The number of carbonyl (C=O) groups excluding carboxylic acids is 1. The molecule has 0 atom stereocenters. The van der Waals surface area contributed by atoms with Crippen molar-refractivity contribution < 1.29 is 27.4 Å². The third-order valence-electron chi connectivity index (χ3n) is 3.97. The van der Waals surface area contributed by atoms with Gasteiger partial charge in [-0.25, -0.2) is 4.79 Å². The van der Waals surface area contributed by atoms with Gasteiger partial charge in [0.1, 0.15) is 12.4 Å². The van der Waals surface area contributed by atoms with Crippen molar-refractivity contribution in [1.29, 1.82) is 0 Å². The maximum atomic E-state index is 13.0. The van der Waals surface area contributed by atoms with Crippen LogP contribution in [0.25, 0.3) is 10.9 Å². The molecule has 0 unspecified atom stereocenters. The SMILES string of the molecule is COC(=O)c1c(C)cnc2ccc(OCc3cccnc3C(F)(F)F)cc12. The lowest BCUT2D eigenvalue weighted by Crippen LogP contribution is -2.13. The van der Waals surface area contributed by atoms with E-state index in [1.165, 1.54) is 19.2 Å². The standard InChI is InChI=1S/C19H15F3N2O3/c1-11-9-24-15-6-5-13(8-14(15)16(11)18(25)26-2)27-10-12-4-3-7-23-17(12)19(20,21)22/h3-9H,10H2,1-2H3. The Morgan fingerprint density at radius 2 is 1.96 bits per heavy atom. The van der Waals surface area contributed by atoms with Crippen LogP contribution in [0, 0.1) is 6.92 Å². The van der Waals surface area contributed by atoms with Crippen LogP contribution in [-0.4, -0.2) is 23.0 Å². The molecule has 0 N–H and O–H groups in total. The smallest absolute Gasteiger partial charge is 0.433 e. The van der Waals surface area contributed by atoms with Gasteiger partial charge in [0.25, 0.3) is 0 Å². The molecule has 0 amide bonds. The molecule has 0 aliphatic carbocycles. The summed E-state index contributed by atoms with van der Waals surface area (Å²) < 4.78 is 49.4. The van der Waals surface area contributed by atoms with Gasteiger partial charge in [-0.3, -0.25) is 9.97 Å². The van der Waals surface area contributed by atoms with Crippen molar-refractivity contribution in [2.45, 2.75) is 19.7 Å². The predicted molar refractivity (Wildman–Crippen MR) is 91.4 cm³/mol. The number of aryl methyl sites for hydroxylation is 1. The number of carbonyl (C=O) groups is 1. The van der Waals surface area contributed by atoms with Crippen LogP contribution in [0.15, 0.2) is 42.7 Å². The van der Waals surface area contributed by atoms with Crippen LogP contribution in [-0.2, 0) is 17.5 Å². The molecular formula is C19H15F3N2O3. The van der Waals surface area contributed by atoms with E-state index in [4.69, 9.17) is 9.47 Å². The molecule has 0 aliphatic heterocycles. The lowest BCUT2D eigenvalue weighted by Gasteiger charge is -2.13. The Kier molecular flexibility index (Phi) is 4.98. The van der Waals surface area contributed by atoms with E-state index in [1.54, 1.807) is 31.3 Å². The summed E-state index contributed by atoms with van der Waals surface area (Å²) in [6.07, 6.45) is -1.93. The van der Waals surface area contributed by atoms with Gasteiger partial charge in [-0.2, -0.15) is 13.2 Å². The molecule has 3 rings (SSSR count). The number of ether oxygens (including phenoxy) is 2. The van der Waals surface area contributed by atoms with E-state index in [2.05, 4.69) is 9.97 Å². The van der Waals surface area contributed by atoms with Crippen LogP contribution < -0.4 is 4.74 Å². The number of fused-ring (bicyclic) bond motifs is 1. The number of esters is 1. The van der Waals surface area contributed by atoms with Gasteiger partial charge in [0.05, 0.1) is 18.2 Å². The summed E-state index contributed by atoms with van der Waals surface area (Å²) in [4.78, 5) is 19.7. The van der Waals surface area contributed by atoms with Gasteiger partial charge in [-0.05, 0) is 36.8 Å². The third kappa shape index (κ3) is 3.84. The number of pyridine rings is 2. The van der Waals surface area contributed by atoms with Crippen LogP contribution in [0.1, 0.15) is 27.2 Å². The Bertz CT molecular complexity index is 1000. The quantitative estimate of drug-likeness (QED) is 0.635. The second kappa shape index (κ2) is 7.22. The zero-order valence-corrected chi connectivity index (χ0v) is 14.5. The van der Waals surface area contributed by atoms with Gasteiger partial charge >= 0.3 is 12.1 Å². The molecule has 2 aromatic heterocycles. The maximum absolute atomic E-state index is 13.0. The first-order valence-electron chi connectivity index (χ1n) is 7.93. The number of benzene rings is 1. The van der Waals surface area contributed by atoms with Crippen LogP contribution >= 0.6 is 0 Å². The normalized spacial score (nSPS) is 11.4. The molecule has 2 heterocycles. The Balaban J connectivity index is 1.94. The molecule has 0 aliphatic rings. The minimum Gasteiger partial charge on any atom is -0.489 e. The van der Waals surface area contributed by atoms with Gasteiger partial charge in [-0.15, -0.1) is 0 Å². The fourth-order valence-corrected chi connectivity index (χ4v) is 2.71. The maximum Gasteiger partial charge on any atom is 0.433 e. The molecule has 5 nitrogen and oxygen atoms in total. The molecule has 140 valence electrons. The van der Waals surface area contributed by atoms with Crippen LogP contribution in [0.3, 0.4) is 0 Å². The van der Waals surface area contributed by atoms with Crippen molar-refractivity contribution in [3.05, 3.63) is 65.1 Å². The van der Waals surface area contributed by atoms with E-state index >= 15 is 0 Å². The van der Waals surface area contributed by atoms with Gasteiger partial charge in [0, 0.05) is 23.3 Å². The number of halogens is 3. The average Bonchev–Trinajstić information content (AvgIpc) is 2.65. The average molecular weight is 376 g/mol. The molecule has 0 radical (unpaired) electrons. The van der Waals surface area contributed by atoms with Gasteiger partial charge < -0.3 is 9.47 Å². The number of rotatable bonds is 4. The fourth-order valence-electron chi connectivity index (χ4n) is 2.71. The molecule has 1 aromatic carbocycles. The van der Waals surface area contributed by atoms with Crippen molar-refractivity contribution in [3.8, 4) is 5.75 Å². The second-order valence-corrected chi connectivity index (χ2v) is 5.78. The highest BCUT2D eigenvalue weighted by molar-refractivity contribution is 6.04. The highest BCUT2D eigenvalue weighted by Gasteiger charge is 2.35. The second-order valence-electron chi connectivity index (χ2n) is 5.78. The molecule has 0 bridgehead atoms. The monoisotopic (exact) mass is 376 g/mol. The van der Waals surface area contributed by atoms with Gasteiger partial charge in [0.2, 0.25) is 0 Å². The Hall–Kier alpha value is -3.16. The molecule has 0 saturated carbocycles. The molecule has 8 heteroatoms. The lowest BCUT2D eigenvalue weighted by atomic mass is 10.0. The molecular weight excluding hydrogens is 361 g/mol. The van der Waals surface area contributed by atoms with Crippen LogP contribution in [0.4, 0.5) is 13.2 Å². The first kappa shape index (κ1) is 18.6. The van der Waals surface area contributed by atoms with E-state index in [1.807, 2.05) is 0 Å². The topological polar surface area (TPSA) is 61.3 Å². The van der Waals surface area contributed by atoms with E-state index in [0.29, 0.717) is 27.8 Å². The van der Waals surface area contributed by atoms with E-state index < -0.39 is 17.8 Å². The van der Waals surface area contributed by atoms with Crippen molar-refractivity contribution in [2.75, 3.05) is 7.11 Å². The van der Waals surface area contributed by atoms with E-state index in [9.17, 15) is 18.0 Å². The zero-order valence-electron chi connectivity index (χ0n) is 14.5. The van der Waals surface area contributed by atoms with E-state index in [-0.39, 0.29) is 12.2 Å². The highest BCUT2D eigenvalue weighted by atomic mass is 19.4. The molecule has 0 spiro atoms. The molecule has 0 saturated heterocycles. The van der Waals surface area contributed by atoms with Crippen molar-refractivity contribution >= 4 is 16.9 Å². The first-order chi connectivity index (χ1) is 12.8. The number of alkyl halides is 3. The van der Waals surface area contributed by atoms with Crippen molar-refractivity contribution in [2.24, 2.45) is 0 Å². The number of nitrogens with zero attached hydrogens (tertiary/aromatic N) is 2. The van der Waals surface area contributed by atoms with Crippen molar-refractivity contribution in [3.63, 3.8) is 0 Å². The highest BCUT2D eigenvalue weighted by Crippen LogP contribution is 2.31. The number of hydrogen-bond donors (Lipinski definition) is 0. The Morgan fingerprint density at radius 3 is 2.67 bits per heavy atom. The molecule has 0 fully saturated rings.